The third-order valence-corrected chi connectivity index (χ3v) is 20.7. The van der Waals surface area contributed by atoms with Gasteiger partial charge >= 0.3 is 118 Å². The van der Waals surface area contributed by atoms with Gasteiger partial charge in [-0.05, 0) is 20.2 Å². The van der Waals surface area contributed by atoms with Crippen LogP contribution >= 0.6 is 0 Å². The molecule has 0 aromatic rings. The van der Waals surface area contributed by atoms with Gasteiger partial charge in [-0.1, -0.05) is 83.1 Å². The molecule has 0 aliphatic carbocycles. The van der Waals surface area contributed by atoms with E-state index in [4.69, 9.17) is 16.5 Å². The van der Waals surface area contributed by atoms with E-state index < -0.39 is 55.4 Å². The van der Waals surface area contributed by atoms with E-state index in [0.29, 0.717) is 0 Å². The maximum absolute atomic E-state index is 13.8. The van der Waals surface area contributed by atoms with E-state index in [1.807, 2.05) is 0 Å². The second kappa shape index (κ2) is 13.3. The molecule has 1 aliphatic heterocycles. The quantitative estimate of drug-likeness (QED) is 0.267. The molecule has 0 atom stereocenters. The number of rotatable bonds is 0. The molecule has 168 valence electrons. The zero-order valence-electron chi connectivity index (χ0n) is 23.3. The van der Waals surface area contributed by atoms with E-state index in [9.17, 15) is 19.2 Å². The Kier molecular flexibility index (Phi) is 18.1. The zero-order chi connectivity index (χ0) is 22.8. The largest absolute Gasteiger partial charge is 1.00 e. The Morgan fingerprint density at radius 1 is 0.344 bits per heavy atom. The van der Waals surface area contributed by atoms with Gasteiger partial charge in [-0.15, -0.1) is 0 Å². The molecule has 1 aliphatic rings. The summed E-state index contributed by atoms with van der Waals surface area (Å²) in [6.07, 6.45) is 0. The van der Waals surface area contributed by atoms with E-state index in [1.54, 1.807) is 83.1 Å². The van der Waals surface area contributed by atoms with Crippen molar-refractivity contribution in [1.29, 1.82) is 0 Å². The molecule has 0 aromatic carbocycles. The fourth-order valence-corrected chi connectivity index (χ4v) is 19.6. The van der Waals surface area contributed by atoms with Crippen LogP contribution in [-0.4, -0.2) is 35.2 Å². The van der Waals surface area contributed by atoms with Crippen LogP contribution < -0.4 is 137 Å². The SMILES string of the molecule is CC(C)(C)[Si]1([O-])O[Si]([O-])(C(C)(C)C)O[Si]([O-])(C(C)(C)C)O[Si]([O-])(C(C)(C)C)O1.[Na+].[Na+].[Na+].[Na+]. The average molecular weight is 561 g/mol. The van der Waals surface area contributed by atoms with Crippen molar-refractivity contribution in [2.45, 2.75) is 103 Å². The molecule has 0 unspecified atom stereocenters. The Morgan fingerprint density at radius 2 is 0.438 bits per heavy atom. The predicted octanol–water partition coefficient (Wildman–Crippen LogP) is -11.5. The molecular formula is C16H36Na4O8Si4. The minimum absolute atomic E-state index is 0. The van der Waals surface area contributed by atoms with Crippen molar-refractivity contribution >= 4 is 35.2 Å². The van der Waals surface area contributed by atoms with Crippen LogP contribution in [0.5, 0.6) is 0 Å². The molecule has 0 aromatic heterocycles. The van der Waals surface area contributed by atoms with Crippen LogP contribution in [0, 0.1) is 0 Å². The van der Waals surface area contributed by atoms with Crippen LogP contribution in [0.1, 0.15) is 83.1 Å². The molecule has 32 heavy (non-hydrogen) atoms. The predicted molar refractivity (Wildman–Crippen MR) is 106 cm³/mol. The summed E-state index contributed by atoms with van der Waals surface area (Å²) in [6.45, 7) is 18.9. The van der Waals surface area contributed by atoms with Crippen LogP contribution in [-0.2, 0) is 16.5 Å². The summed E-state index contributed by atoms with van der Waals surface area (Å²) in [7, 11) is -18.6. The van der Waals surface area contributed by atoms with Crippen LogP contribution in [0.4, 0.5) is 0 Å². The molecule has 16 heteroatoms. The standard InChI is InChI=1S/C16H36O8Si4.4Na/c1-13(2,3)25(17)21-26(18,14(4,5)6)23-28(20,16(10,11)12)24-27(19,22-25)15(7,8)9;;;;/h1-12H3;;;;/q-4;4*+1. The fourth-order valence-electron chi connectivity index (χ4n) is 2.02. The Bertz CT molecular complexity index is 491. The van der Waals surface area contributed by atoms with Gasteiger partial charge in [0.25, 0.3) is 0 Å². The second-order valence-electron chi connectivity index (χ2n) is 11.6. The van der Waals surface area contributed by atoms with E-state index in [0.717, 1.165) is 0 Å². The molecular weight excluding hydrogens is 524 g/mol. The first-order valence-electron chi connectivity index (χ1n) is 9.45. The Morgan fingerprint density at radius 3 is 0.500 bits per heavy atom. The van der Waals surface area contributed by atoms with Crippen LogP contribution in [0.3, 0.4) is 0 Å². The van der Waals surface area contributed by atoms with Gasteiger partial charge in [0.1, 0.15) is 0 Å². The van der Waals surface area contributed by atoms with Gasteiger partial charge in [0.15, 0.2) is 0 Å². The molecule has 1 fully saturated rings. The average Bonchev–Trinajstić information content (AvgIpc) is 2.30. The van der Waals surface area contributed by atoms with E-state index in [1.165, 1.54) is 0 Å². The summed E-state index contributed by atoms with van der Waals surface area (Å²) in [5.74, 6) is 0. The fraction of sp³-hybridized carbons (Fsp3) is 1.00. The zero-order valence-corrected chi connectivity index (χ0v) is 35.3. The van der Waals surface area contributed by atoms with E-state index >= 15 is 0 Å². The Labute approximate surface area is 287 Å². The number of hydrogen-bond acceptors (Lipinski definition) is 8. The van der Waals surface area contributed by atoms with Crippen molar-refractivity contribution < 1.29 is 154 Å². The van der Waals surface area contributed by atoms with Crippen molar-refractivity contribution in [2.24, 2.45) is 0 Å². The van der Waals surface area contributed by atoms with Gasteiger partial charge < -0.3 is 35.6 Å². The first kappa shape index (κ1) is 43.6. The maximum Gasteiger partial charge on any atom is 1.00 e. The smallest absolute Gasteiger partial charge is 0.817 e. The molecule has 8 nitrogen and oxygen atoms in total. The van der Waals surface area contributed by atoms with Gasteiger partial charge in [0.05, 0.1) is 0 Å². The van der Waals surface area contributed by atoms with Crippen molar-refractivity contribution in [3.8, 4) is 0 Å². The summed E-state index contributed by atoms with van der Waals surface area (Å²) >= 11 is 0. The van der Waals surface area contributed by atoms with Crippen molar-refractivity contribution in [3.63, 3.8) is 0 Å². The summed E-state index contributed by atoms with van der Waals surface area (Å²) < 4.78 is 22.8. The minimum atomic E-state index is -4.65. The summed E-state index contributed by atoms with van der Waals surface area (Å²) in [5.41, 5.74) is 0. The van der Waals surface area contributed by atoms with Crippen molar-refractivity contribution in [2.75, 3.05) is 0 Å². The molecule has 0 spiro atoms. The third-order valence-electron chi connectivity index (χ3n) is 4.75. The normalized spacial score (nSPS) is 34.5. The molecule has 0 amide bonds. The maximum atomic E-state index is 13.8. The molecule has 1 heterocycles. The second-order valence-corrected chi connectivity index (χ2v) is 25.3. The topological polar surface area (TPSA) is 129 Å². The summed E-state index contributed by atoms with van der Waals surface area (Å²) in [5, 5.41) is -4.58. The van der Waals surface area contributed by atoms with E-state index in [-0.39, 0.29) is 118 Å². The van der Waals surface area contributed by atoms with E-state index in [2.05, 4.69) is 0 Å². The molecule has 0 N–H and O–H groups in total. The summed E-state index contributed by atoms with van der Waals surface area (Å²) in [4.78, 5) is 55.3. The Hall–Kier alpha value is 4.55. The van der Waals surface area contributed by atoms with Crippen molar-refractivity contribution in [3.05, 3.63) is 0 Å². The van der Waals surface area contributed by atoms with Gasteiger partial charge in [-0.3, -0.25) is 0 Å². The molecule has 0 radical (unpaired) electrons. The number of hydrogen-bond donors (Lipinski definition) is 0. The van der Waals surface area contributed by atoms with Crippen LogP contribution in [0.15, 0.2) is 0 Å². The molecule has 1 rings (SSSR count). The molecule has 0 saturated carbocycles. The van der Waals surface area contributed by atoms with Gasteiger partial charge in [-0.2, -0.15) is 0 Å². The van der Waals surface area contributed by atoms with Gasteiger partial charge in [0.2, 0.25) is 35.2 Å². The first-order valence-corrected chi connectivity index (χ1v) is 16.3. The first-order chi connectivity index (χ1) is 11.8. The third kappa shape index (κ3) is 9.33. The monoisotopic (exact) mass is 560 g/mol. The summed E-state index contributed by atoms with van der Waals surface area (Å²) in [6, 6.07) is 0. The minimum Gasteiger partial charge on any atom is -0.817 e. The van der Waals surface area contributed by atoms with Crippen LogP contribution in [0.2, 0.25) is 20.2 Å². The van der Waals surface area contributed by atoms with Gasteiger partial charge in [0, 0.05) is 0 Å². The molecule has 0 bridgehead atoms. The van der Waals surface area contributed by atoms with Gasteiger partial charge in [-0.25, -0.2) is 0 Å². The van der Waals surface area contributed by atoms with Crippen LogP contribution in [0.25, 0.3) is 0 Å². The van der Waals surface area contributed by atoms with Crippen molar-refractivity contribution in [1.82, 2.24) is 0 Å². The Balaban J connectivity index is -0.000000980. The molecule has 1 saturated heterocycles.